The third-order valence-electron chi connectivity index (χ3n) is 4.98. The largest absolute Gasteiger partial charge is 0.462 e. The number of carbonyl (C=O) groups excluding carboxylic acids is 4. The minimum Gasteiger partial charge on any atom is -0.462 e. The van der Waals surface area contributed by atoms with E-state index in [0.29, 0.717) is 16.9 Å². The molecule has 0 aliphatic rings. The van der Waals surface area contributed by atoms with Gasteiger partial charge in [-0.2, -0.15) is 4.99 Å². The molecule has 0 spiro atoms. The minimum absolute atomic E-state index is 0.0122. The first-order valence-electron chi connectivity index (χ1n) is 11.5. The number of allylic oxidation sites excluding steroid dienone is 1. The Bertz CT molecular complexity index is 1460. The number of halogens is 1. The predicted molar refractivity (Wildman–Crippen MR) is 155 cm³/mol. The molecule has 2 aromatic heterocycles. The smallest absolute Gasteiger partial charge is 0.348 e. The summed E-state index contributed by atoms with van der Waals surface area (Å²) in [6.07, 6.45) is 1.74. The van der Waals surface area contributed by atoms with Crippen molar-refractivity contribution in [2.24, 2.45) is 4.99 Å². The van der Waals surface area contributed by atoms with Crippen molar-refractivity contribution < 1.29 is 28.7 Å². The zero-order valence-electron chi connectivity index (χ0n) is 21.0. The van der Waals surface area contributed by atoms with Gasteiger partial charge in [-0.25, -0.2) is 9.59 Å². The molecule has 0 radical (unpaired) electrons. The maximum Gasteiger partial charge on any atom is 0.348 e. The number of hydrogen-bond donors (Lipinski definition) is 1. The lowest BCUT2D eigenvalue weighted by atomic mass is 10.1. The number of nitrogens with one attached hydrogen (secondary N) is 1. The summed E-state index contributed by atoms with van der Waals surface area (Å²) in [7, 11) is 0. The molecule has 13 heteroatoms. The number of benzene rings is 1. The van der Waals surface area contributed by atoms with Crippen LogP contribution in [0.1, 0.15) is 39.4 Å². The molecule has 1 aromatic carbocycles. The highest BCUT2D eigenvalue weighted by Gasteiger charge is 2.27. The molecule has 202 valence electrons. The molecular formula is C25H26BrN3O6S3. The molecule has 0 unspecified atom stereocenters. The van der Waals surface area contributed by atoms with E-state index in [9.17, 15) is 19.2 Å². The van der Waals surface area contributed by atoms with Crippen LogP contribution in [-0.2, 0) is 25.6 Å². The molecular weight excluding hydrogens is 614 g/mol. The highest BCUT2D eigenvalue weighted by atomic mass is 79.9. The second kappa shape index (κ2) is 13.9. The van der Waals surface area contributed by atoms with Gasteiger partial charge in [-0.05, 0) is 44.5 Å². The SMILES string of the molecule is C=CCn1c(=NC(=O)CSCC(=O)Nc2sc(C(=O)OCC)c(C)c2C(=O)OCC)sc2cc(Br)ccc21. The average molecular weight is 641 g/mol. The molecule has 3 aromatic rings. The monoisotopic (exact) mass is 639 g/mol. The third-order valence-corrected chi connectivity index (χ3v) is 8.61. The van der Waals surface area contributed by atoms with E-state index in [1.54, 1.807) is 26.8 Å². The van der Waals surface area contributed by atoms with Crippen molar-refractivity contribution in [1.29, 1.82) is 0 Å². The fourth-order valence-corrected chi connectivity index (χ4v) is 6.72. The Balaban J connectivity index is 1.70. The Kier molecular flexibility index (Phi) is 10.9. The van der Waals surface area contributed by atoms with Gasteiger partial charge in [0.2, 0.25) is 5.91 Å². The van der Waals surface area contributed by atoms with Gasteiger partial charge in [0.15, 0.2) is 4.80 Å². The molecule has 0 saturated heterocycles. The second-order valence-electron chi connectivity index (χ2n) is 7.64. The van der Waals surface area contributed by atoms with Crippen molar-refractivity contribution in [3.8, 4) is 0 Å². The number of thiazole rings is 1. The molecule has 0 saturated carbocycles. The van der Waals surface area contributed by atoms with E-state index in [1.165, 1.54) is 11.3 Å². The number of rotatable bonds is 11. The van der Waals surface area contributed by atoms with Crippen LogP contribution in [0.2, 0.25) is 0 Å². The summed E-state index contributed by atoms with van der Waals surface area (Å²) in [4.78, 5) is 55.0. The molecule has 38 heavy (non-hydrogen) atoms. The molecule has 0 aliphatic heterocycles. The van der Waals surface area contributed by atoms with E-state index in [-0.39, 0.29) is 46.1 Å². The first kappa shape index (κ1) is 29.8. The number of esters is 2. The molecule has 0 fully saturated rings. The van der Waals surface area contributed by atoms with Crippen LogP contribution in [0.15, 0.2) is 40.3 Å². The maximum absolute atomic E-state index is 12.6. The Hall–Kier alpha value is -2.74. The summed E-state index contributed by atoms with van der Waals surface area (Å²) in [5, 5.41) is 2.87. The first-order chi connectivity index (χ1) is 18.2. The number of hydrogen-bond acceptors (Lipinski definition) is 9. The zero-order chi connectivity index (χ0) is 27.8. The first-order valence-corrected chi connectivity index (χ1v) is 15.1. The number of carbonyl (C=O) groups is 4. The summed E-state index contributed by atoms with van der Waals surface area (Å²) in [6.45, 7) is 9.55. The Morgan fingerprint density at radius 2 is 1.84 bits per heavy atom. The zero-order valence-corrected chi connectivity index (χ0v) is 25.0. The Morgan fingerprint density at radius 3 is 2.53 bits per heavy atom. The number of aromatic nitrogens is 1. The van der Waals surface area contributed by atoms with E-state index < -0.39 is 17.8 Å². The lowest BCUT2D eigenvalue weighted by Crippen LogP contribution is -2.19. The van der Waals surface area contributed by atoms with Gasteiger partial charge >= 0.3 is 11.9 Å². The van der Waals surface area contributed by atoms with Gasteiger partial charge in [-0.3, -0.25) is 9.59 Å². The van der Waals surface area contributed by atoms with Crippen molar-refractivity contribution in [1.82, 2.24) is 4.57 Å². The summed E-state index contributed by atoms with van der Waals surface area (Å²) in [5.41, 5.74) is 1.45. The number of amides is 2. The van der Waals surface area contributed by atoms with Crippen LogP contribution in [0.4, 0.5) is 5.00 Å². The summed E-state index contributed by atoms with van der Waals surface area (Å²) in [6, 6.07) is 5.84. The van der Waals surface area contributed by atoms with Crippen LogP contribution < -0.4 is 10.1 Å². The summed E-state index contributed by atoms with van der Waals surface area (Å²) < 4.78 is 14.0. The van der Waals surface area contributed by atoms with Gasteiger partial charge < -0.3 is 19.4 Å². The van der Waals surface area contributed by atoms with Crippen molar-refractivity contribution in [3.05, 3.63) is 56.1 Å². The molecule has 0 bridgehead atoms. The van der Waals surface area contributed by atoms with E-state index in [1.807, 2.05) is 22.8 Å². The van der Waals surface area contributed by atoms with Gasteiger partial charge in [0.25, 0.3) is 5.91 Å². The molecule has 1 N–H and O–H groups in total. The number of fused-ring (bicyclic) bond motifs is 1. The summed E-state index contributed by atoms with van der Waals surface area (Å²) in [5.74, 6) is -2.10. The van der Waals surface area contributed by atoms with Crippen LogP contribution in [0.5, 0.6) is 0 Å². The van der Waals surface area contributed by atoms with Gasteiger partial charge in [-0.1, -0.05) is 33.3 Å². The number of thiophene rings is 1. The molecule has 2 amide bonds. The van der Waals surface area contributed by atoms with Gasteiger partial charge in [-0.15, -0.1) is 29.7 Å². The topological polar surface area (TPSA) is 116 Å². The van der Waals surface area contributed by atoms with E-state index in [2.05, 4.69) is 32.8 Å². The van der Waals surface area contributed by atoms with Crippen LogP contribution in [-0.4, -0.2) is 53.0 Å². The lowest BCUT2D eigenvalue weighted by molar-refractivity contribution is -0.115. The van der Waals surface area contributed by atoms with Crippen LogP contribution >= 0.6 is 50.4 Å². The van der Waals surface area contributed by atoms with Crippen molar-refractivity contribution in [3.63, 3.8) is 0 Å². The van der Waals surface area contributed by atoms with Crippen molar-refractivity contribution in [2.75, 3.05) is 30.0 Å². The van der Waals surface area contributed by atoms with Crippen molar-refractivity contribution >= 4 is 89.3 Å². The Morgan fingerprint density at radius 1 is 1.13 bits per heavy atom. The second-order valence-corrected chi connectivity index (χ2v) is 11.6. The predicted octanol–water partition coefficient (Wildman–Crippen LogP) is 5.17. The number of anilines is 1. The van der Waals surface area contributed by atoms with Crippen LogP contribution in [0, 0.1) is 6.92 Å². The molecule has 0 atom stereocenters. The lowest BCUT2D eigenvalue weighted by Gasteiger charge is -2.07. The minimum atomic E-state index is -0.642. The number of thioether (sulfide) groups is 1. The Labute approximate surface area is 240 Å². The maximum atomic E-state index is 12.6. The van der Waals surface area contributed by atoms with Gasteiger partial charge in [0.1, 0.15) is 9.88 Å². The molecule has 3 rings (SSSR count). The summed E-state index contributed by atoms with van der Waals surface area (Å²) >= 11 is 6.90. The molecule has 0 aliphatic carbocycles. The van der Waals surface area contributed by atoms with Crippen LogP contribution in [0.3, 0.4) is 0 Å². The van der Waals surface area contributed by atoms with Gasteiger partial charge in [0.05, 0.1) is 40.5 Å². The fourth-order valence-electron chi connectivity index (χ4n) is 3.41. The standard InChI is InChI=1S/C25H26BrN3O6S3/c1-5-10-29-16-9-8-15(26)11-17(16)37-25(29)28-19(31)13-36-12-18(30)27-22-20(23(32)34-6-2)14(4)21(38-22)24(33)35-7-3/h5,8-9,11H,1,6-7,10,12-13H2,2-4H3,(H,27,30). The number of ether oxygens (including phenoxy) is 2. The molecule has 9 nitrogen and oxygen atoms in total. The van der Waals surface area contributed by atoms with Crippen molar-refractivity contribution in [2.45, 2.75) is 27.3 Å². The normalized spacial score (nSPS) is 11.4. The number of nitrogens with zero attached hydrogens (tertiary/aromatic N) is 2. The van der Waals surface area contributed by atoms with E-state index in [0.717, 1.165) is 37.8 Å². The highest BCUT2D eigenvalue weighted by molar-refractivity contribution is 9.10. The van der Waals surface area contributed by atoms with Crippen LogP contribution in [0.25, 0.3) is 10.2 Å². The molecule has 2 heterocycles. The van der Waals surface area contributed by atoms with E-state index >= 15 is 0 Å². The average Bonchev–Trinajstić information content (AvgIpc) is 3.35. The quantitative estimate of drug-likeness (QED) is 0.227. The highest BCUT2D eigenvalue weighted by Crippen LogP contribution is 2.34. The third kappa shape index (κ3) is 7.22. The van der Waals surface area contributed by atoms with E-state index in [4.69, 9.17) is 9.47 Å². The van der Waals surface area contributed by atoms with Gasteiger partial charge in [0, 0.05) is 11.0 Å². The fraction of sp³-hybridized carbons (Fsp3) is 0.320.